The molecule has 1 fully saturated rings. The Morgan fingerprint density at radius 2 is 1.72 bits per heavy atom. The molecule has 0 radical (unpaired) electrons. The number of nitrogens with one attached hydrogen (secondary N) is 2. The number of carbonyl (C=O) groups is 2. The summed E-state index contributed by atoms with van der Waals surface area (Å²) in [6.07, 6.45) is 0. The molecule has 1 aliphatic heterocycles. The molecule has 0 unspecified atom stereocenters. The normalized spacial score (nSPS) is 14.2. The first-order valence-electron chi connectivity index (χ1n) is 9.86. The van der Waals surface area contributed by atoms with Gasteiger partial charge in [-0.15, -0.1) is 0 Å². The van der Waals surface area contributed by atoms with Crippen LogP contribution in [-0.2, 0) is 11.3 Å². The van der Waals surface area contributed by atoms with E-state index in [0.717, 1.165) is 38.4 Å². The molecule has 2 N–H and O–H groups in total. The lowest BCUT2D eigenvalue weighted by Gasteiger charge is -2.26. The summed E-state index contributed by atoms with van der Waals surface area (Å²) < 4.78 is 5.32. The Labute approximate surface area is 171 Å². The van der Waals surface area contributed by atoms with Crippen molar-refractivity contribution in [1.82, 2.24) is 15.1 Å². The number of hydrogen-bond acceptors (Lipinski definition) is 4. The van der Waals surface area contributed by atoms with Crippen LogP contribution in [0.15, 0.2) is 54.6 Å². The maximum Gasteiger partial charge on any atom is 0.321 e. The SMILES string of the molecule is CN(Cc1ccccc1)C(=O)Nc1ccc(C(=O)NCCN2CCOCC2)cc1. The fourth-order valence-corrected chi connectivity index (χ4v) is 3.11. The van der Waals surface area contributed by atoms with Crippen LogP contribution in [0.2, 0.25) is 0 Å². The smallest absolute Gasteiger partial charge is 0.321 e. The number of anilines is 1. The summed E-state index contributed by atoms with van der Waals surface area (Å²) >= 11 is 0. The van der Waals surface area contributed by atoms with Gasteiger partial charge in [0.1, 0.15) is 0 Å². The van der Waals surface area contributed by atoms with Crippen LogP contribution in [0.5, 0.6) is 0 Å². The van der Waals surface area contributed by atoms with Gasteiger partial charge in [-0.25, -0.2) is 4.79 Å². The molecule has 0 bridgehead atoms. The third-order valence-electron chi connectivity index (χ3n) is 4.82. The molecule has 1 aliphatic rings. The van der Waals surface area contributed by atoms with Crippen LogP contribution in [0.3, 0.4) is 0 Å². The van der Waals surface area contributed by atoms with Crippen LogP contribution in [0.25, 0.3) is 0 Å². The molecule has 29 heavy (non-hydrogen) atoms. The molecule has 2 aromatic rings. The van der Waals surface area contributed by atoms with Gasteiger partial charge in [-0.2, -0.15) is 0 Å². The van der Waals surface area contributed by atoms with Crippen LogP contribution >= 0.6 is 0 Å². The summed E-state index contributed by atoms with van der Waals surface area (Å²) in [5.41, 5.74) is 2.29. The minimum absolute atomic E-state index is 0.114. The molecule has 3 amide bonds. The van der Waals surface area contributed by atoms with Gasteiger partial charge < -0.3 is 20.3 Å². The van der Waals surface area contributed by atoms with Crippen molar-refractivity contribution < 1.29 is 14.3 Å². The first kappa shape index (κ1) is 20.8. The molecule has 0 spiro atoms. The van der Waals surface area contributed by atoms with Crippen molar-refractivity contribution in [1.29, 1.82) is 0 Å². The van der Waals surface area contributed by atoms with E-state index in [0.29, 0.717) is 24.3 Å². The van der Waals surface area contributed by atoms with Gasteiger partial charge in [0.15, 0.2) is 0 Å². The molecular formula is C22H28N4O3. The lowest BCUT2D eigenvalue weighted by molar-refractivity contribution is 0.0383. The first-order valence-corrected chi connectivity index (χ1v) is 9.86. The number of morpholine rings is 1. The van der Waals surface area contributed by atoms with Crippen LogP contribution in [0, 0.1) is 0 Å². The Hall–Kier alpha value is -2.90. The second-order valence-electron chi connectivity index (χ2n) is 7.06. The second-order valence-corrected chi connectivity index (χ2v) is 7.06. The van der Waals surface area contributed by atoms with Gasteiger partial charge in [-0.05, 0) is 29.8 Å². The monoisotopic (exact) mass is 396 g/mol. The van der Waals surface area contributed by atoms with E-state index in [1.165, 1.54) is 0 Å². The Morgan fingerprint density at radius 1 is 1.03 bits per heavy atom. The molecule has 7 nitrogen and oxygen atoms in total. The number of benzene rings is 2. The van der Waals surface area contributed by atoms with Gasteiger partial charge in [0, 0.05) is 51.0 Å². The second kappa shape index (κ2) is 10.6. The number of rotatable bonds is 7. The predicted octanol–water partition coefficient (Wildman–Crippen LogP) is 2.41. The highest BCUT2D eigenvalue weighted by molar-refractivity contribution is 5.95. The molecule has 2 aromatic carbocycles. The average molecular weight is 396 g/mol. The quantitative estimate of drug-likeness (QED) is 0.754. The first-order chi connectivity index (χ1) is 14.1. The van der Waals surface area contributed by atoms with Crippen LogP contribution in [-0.4, -0.2) is 68.2 Å². The zero-order chi connectivity index (χ0) is 20.5. The maximum absolute atomic E-state index is 12.3. The zero-order valence-electron chi connectivity index (χ0n) is 16.8. The van der Waals surface area contributed by atoms with E-state index in [1.54, 1.807) is 36.2 Å². The summed E-state index contributed by atoms with van der Waals surface area (Å²) in [5, 5.41) is 5.79. The van der Waals surface area contributed by atoms with Crippen LogP contribution in [0.1, 0.15) is 15.9 Å². The van der Waals surface area contributed by atoms with E-state index >= 15 is 0 Å². The number of hydrogen-bond donors (Lipinski definition) is 2. The molecule has 0 aliphatic carbocycles. The van der Waals surface area contributed by atoms with Gasteiger partial charge in [-0.1, -0.05) is 30.3 Å². The van der Waals surface area contributed by atoms with Gasteiger partial charge >= 0.3 is 6.03 Å². The van der Waals surface area contributed by atoms with Gasteiger partial charge in [0.05, 0.1) is 13.2 Å². The highest BCUT2D eigenvalue weighted by Gasteiger charge is 2.12. The van der Waals surface area contributed by atoms with Crippen molar-refractivity contribution in [2.75, 3.05) is 51.8 Å². The van der Waals surface area contributed by atoms with E-state index in [1.807, 2.05) is 30.3 Å². The van der Waals surface area contributed by atoms with E-state index < -0.39 is 0 Å². The van der Waals surface area contributed by atoms with Crippen LogP contribution in [0.4, 0.5) is 10.5 Å². The average Bonchev–Trinajstić information content (AvgIpc) is 2.75. The Bertz CT molecular complexity index is 789. The molecule has 0 atom stereocenters. The molecule has 3 rings (SSSR count). The third-order valence-corrected chi connectivity index (χ3v) is 4.82. The van der Waals surface area contributed by atoms with Crippen molar-refractivity contribution in [2.24, 2.45) is 0 Å². The van der Waals surface area contributed by atoms with E-state index in [2.05, 4.69) is 15.5 Å². The Balaban J connectivity index is 1.43. The number of nitrogens with zero attached hydrogens (tertiary/aromatic N) is 2. The molecular weight excluding hydrogens is 368 g/mol. The number of urea groups is 1. The van der Waals surface area contributed by atoms with E-state index in [-0.39, 0.29) is 11.9 Å². The van der Waals surface area contributed by atoms with Crippen molar-refractivity contribution in [3.8, 4) is 0 Å². The summed E-state index contributed by atoms with van der Waals surface area (Å²) in [7, 11) is 1.75. The molecule has 0 saturated carbocycles. The molecule has 0 aromatic heterocycles. The van der Waals surface area contributed by atoms with Crippen molar-refractivity contribution >= 4 is 17.6 Å². The van der Waals surface area contributed by atoms with Crippen molar-refractivity contribution in [3.05, 3.63) is 65.7 Å². The topological polar surface area (TPSA) is 73.9 Å². The maximum atomic E-state index is 12.3. The lowest BCUT2D eigenvalue weighted by Crippen LogP contribution is -2.41. The Kier molecular flexibility index (Phi) is 7.61. The van der Waals surface area contributed by atoms with Crippen molar-refractivity contribution in [2.45, 2.75) is 6.54 Å². The fourth-order valence-electron chi connectivity index (χ4n) is 3.11. The largest absolute Gasteiger partial charge is 0.379 e. The third kappa shape index (κ3) is 6.58. The number of ether oxygens (including phenoxy) is 1. The lowest BCUT2D eigenvalue weighted by atomic mass is 10.2. The van der Waals surface area contributed by atoms with E-state index in [9.17, 15) is 9.59 Å². The minimum Gasteiger partial charge on any atom is -0.379 e. The summed E-state index contributed by atoms with van der Waals surface area (Å²) in [5.74, 6) is -0.114. The van der Waals surface area contributed by atoms with Crippen LogP contribution < -0.4 is 10.6 Å². The standard InChI is InChI=1S/C22H28N4O3/c1-25(17-18-5-3-2-4-6-18)22(28)24-20-9-7-19(8-10-20)21(27)23-11-12-26-13-15-29-16-14-26/h2-10H,11-17H2,1H3,(H,23,27)(H,24,28). The van der Waals surface area contributed by atoms with Crippen molar-refractivity contribution in [3.63, 3.8) is 0 Å². The van der Waals surface area contributed by atoms with Gasteiger partial charge in [0.25, 0.3) is 5.91 Å². The number of carbonyl (C=O) groups excluding carboxylic acids is 2. The number of amides is 3. The van der Waals surface area contributed by atoms with Gasteiger partial charge in [0.2, 0.25) is 0 Å². The molecule has 1 heterocycles. The molecule has 1 saturated heterocycles. The molecule has 7 heteroatoms. The summed E-state index contributed by atoms with van der Waals surface area (Å²) in [6, 6.07) is 16.5. The van der Waals surface area contributed by atoms with Gasteiger partial charge in [-0.3, -0.25) is 9.69 Å². The summed E-state index contributed by atoms with van der Waals surface area (Å²) in [4.78, 5) is 28.5. The summed E-state index contributed by atoms with van der Waals surface area (Å²) in [6.45, 7) is 5.25. The predicted molar refractivity (Wildman–Crippen MR) is 113 cm³/mol. The Morgan fingerprint density at radius 3 is 2.41 bits per heavy atom. The minimum atomic E-state index is -0.198. The fraction of sp³-hybridized carbons (Fsp3) is 0.364. The highest BCUT2D eigenvalue weighted by Crippen LogP contribution is 2.11. The van der Waals surface area contributed by atoms with E-state index in [4.69, 9.17) is 4.74 Å². The highest BCUT2D eigenvalue weighted by atomic mass is 16.5. The zero-order valence-corrected chi connectivity index (χ0v) is 16.8. The molecule has 154 valence electrons.